The lowest BCUT2D eigenvalue weighted by atomic mass is 9.98. The van der Waals surface area contributed by atoms with E-state index in [1.807, 2.05) is 24.3 Å². The predicted octanol–water partition coefficient (Wildman–Crippen LogP) is -0.682. The Morgan fingerprint density at radius 3 is 2.03 bits per heavy atom. The van der Waals surface area contributed by atoms with Gasteiger partial charge in [-0.05, 0) is 80.3 Å². The van der Waals surface area contributed by atoms with Crippen LogP contribution >= 0.6 is 0 Å². The molecular formula is C44H64N10O9. The molecule has 0 spiro atoms. The predicted molar refractivity (Wildman–Crippen MR) is 235 cm³/mol. The molecule has 2 aromatic carbocycles. The first-order chi connectivity index (χ1) is 29.8. The largest absolute Gasteiger partial charge is 0.508 e. The summed E-state index contributed by atoms with van der Waals surface area (Å²) in [5.74, 6) is -5.59. The number of para-hydroxylation sites is 1. The Morgan fingerprint density at radius 2 is 1.41 bits per heavy atom. The molecule has 0 bridgehead atoms. The molecule has 1 aromatic heterocycles. The van der Waals surface area contributed by atoms with Crippen molar-refractivity contribution in [1.82, 2.24) is 36.5 Å². The van der Waals surface area contributed by atoms with Crippen molar-refractivity contribution in [2.24, 2.45) is 29.0 Å². The molecule has 1 saturated heterocycles. The minimum atomic E-state index is -1.56. The van der Waals surface area contributed by atoms with Crippen molar-refractivity contribution in [3.63, 3.8) is 0 Å². The molecule has 63 heavy (non-hydrogen) atoms. The van der Waals surface area contributed by atoms with E-state index in [2.05, 4.69) is 31.6 Å². The van der Waals surface area contributed by atoms with E-state index in [4.69, 9.17) is 17.2 Å². The van der Waals surface area contributed by atoms with Gasteiger partial charge in [-0.25, -0.2) is 0 Å². The van der Waals surface area contributed by atoms with Gasteiger partial charge in [0, 0.05) is 36.5 Å². The van der Waals surface area contributed by atoms with E-state index in [1.165, 1.54) is 24.0 Å². The van der Waals surface area contributed by atoms with Gasteiger partial charge in [0.1, 0.15) is 42.0 Å². The second kappa shape index (κ2) is 22.9. The number of aromatic nitrogens is 1. The number of carbonyl (C=O) groups is 7. The van der Waals surface area contributed by atoms with Crippen molar-refractivity contribution in [2.45, 2.75) is 122 Å². The second-order valence-electron chi connectivity index (χ2n) is 16.9. The Labute approximate surface area is 367 Å². The number of primary amides is 1. The van der Waals surface area contributed by atoms with Gasteiger partial charge in [-0.3, -0.25) is 33.6 Å². The topological polar surface area (TPSA) is 317 Å². The Morgan fingerprint density at radius 1 is 0.778 bits per heavy atom. The summed E-state index contributed by atoms with van der Waals surface area (Å²) in [7, 11) is 0. The first-order valence-corrected chi connectivity index (χ1v) is 21.4. The van der Waals surface area contributed by atoms with Gasteiger partial charge < -0.3 is 63.9 Å². The van der Waals surface area contributed by atoms with Crippen LogP contribution < -0.4 is 43.8 Å². The summed E-state index contributed by atoms with van der Waals surface area (Å²) in [4.78, 5) is 100.0. The molecule has 0 radical (unpaired) electrons. The highest BCUT2D eigenvalue weighted by Gasteiger charge is 2.41. The number of nitrogens with two attached hydrogens (primary N) is 3. The molecule has 0 aliphatic carbocycles. The summed E-state index contributed by atoms with van der Waals surface area (Å²) in [6, 6.07) is 5.14. The van der Waals surface area contributed by atoms with Crippen molar-refractivity contribution < 1.29 is 43.8 Å². The van der Waals surface area contributed by atoms with Crippen molar-refractivity contribution in [3.05, 3.63) is 65.9 Å². The summed E-state index contributed by atoms with van der Waals surface area (Å²) >= 11 is 0. The molecule has 7 amide bonds. The van der Waals surface area contributed by atoms with E-state index < -0.39 is 95.7 Å². The fourth-order valence-electron chi connectivity index (χ4n) is 7.45. The highest BCUT2D eigenvalue weighted by atomic mass is 16.3. The number of nitrogens with one attached hydrogen (secondary N) is 6. The molecule has 4 rings (SSSR count). The number of aromatic amines is 1. The van der Waals surface area contributed by atoms with Gasteiger partial charge in [0.2, 0.25) is 41.4 Å². The number of phenols is 1. The molecule has 3 aromatic rings. The number of aliphatic hydroxyl groups excluding tert-OH is 1. The Balaban J connectivity index is 1.62. The molecule has 14 N–H and O–H groups in total. The number of amides is 7. The molecule has 19 heteroatoms. The van der Waals surface area contributed by atoms with Gasteiger partial charge in [-0.2, -0.15) is 0 Å². The van der Waals surface area contributed by atoms with Crippen LogP contribution in [0.2, 0.25) is 0 Å². The van der Waals surface area contributed by atoms with Gasteiger partial charge in [-0.1, -0.05) is 58.0 Å². The number of rotatable bonds is 22. The molecule has 1 fully saturated rings. The lowest BCUT2D eigenvalue weighted by Crippen LogP contribution is -2.61. The standard InChI is InChI=1S/C44H64N10O9/c1-23(2)35(46)41(60)52-36(24(3)4)42(61)51-33(20-26-14-16-28(56)17-15-26)44(63)54-19-9-13-34(54)40(59)50-32(21-27-22-48-30-11-7-6-10-29(27)30)39(58)53-37(25(5)55)43(62)49-31(38(47)57)12-8-18-45/h6-7,10-11,14-17,22-25,31-37,48,55-56H,8-9,12-13,18-21,45-46H2,1-5H3,(H2,47,57)(H,49,62)(H,50,59)(H,51,61)(H,52,60)(H,53,58)/t25-,31-,32+,33+,34+,35+,36+,37+/m1/s1. The van der Waals surface area contributed by atoms with Gasteiger partial charge in [0.15, 0.2) is 0 Å². The van der Waals surface area contributed by atoms with Crippen molar-refractivity contribution in [1.29, 1.82) is 0 Å². The van der Waals surface area contributed by atoms with E-state index in [0.29, 0.717) is 24.0 Å². The molecular weight excluding hydrogens is 813 g/mol. The zero-order valence-corrected chi connectivity index (χ0v) is 36.6. The third-order valence-corrected chi connectivity index (χ3v) is 11.2. The lowest BCUT2D eigenvalue weighted by Gasteiger charge is -2.32. The van der Waals surface area contributed by atoms with Crippen LogP contribution in [0.3, 0.4) is 0 Å². The molecule has 344 valence electrons. The maximum absolute atomic E-state index is 14.6. The fraction of sp³-hybridized carbons (Fsp3) is 0.523. The molecule has 0 unspecified atom stereocenters. The van der Waals surface area contributed by atoms with E-state index >= 15 is 0 Å². The van der Waals surface area contributed by atoms with Gasteiger partial charge in [0.25, 0.3) is 0 Å². The molecule has 1 aliphatic rings. The SMILES string of the molecule is CC(C)[C@H](N)C(=O)N[C@H](C(=O)N[C@@H](Cc1ccc(O)cc1)C(=O)N1CCC[C@H]1C(=O)N[C@@H](Cc1c[nH]c2ccccc12)C(=O)N[C@H](C(=O)N[C@H](CCCN)C(N)=O)[C@@H](C)O)C(C)C. The first-order valence-electron chi connectivity index (χ1n) is 21.4. The number of hydrogen-bond donors (Lipinski definition) is 11. The van der Waals surface area contributed by atoms with Crippen LogP contribution in [0.25, 0.3) is 10.9 Å². The number of phenolic OH excluding ortho intramolecular Hbond substituents is 1. The molecule has 2 heterocycles. The Kier molecular flexibility index (Phi) is 18.0. The summed E-state index contributed by atoms with van der Waals surface area (Å²) < 4.78 is 0. The van der Waals surface area contributed by atoms with Crippen molar-refractivity contribution in [2.75, 3.05) is 13.1 Å². The zero-order chi connectivity index (χ0) is 46.5. The third-order valence-electron chi connectivity index (χ3n) is 11.2. The Hall–Kier alpha value is -6.05. The maximum Gasteiger partial charge on any atom is 0.246 e. The van der Waals surface area contributed by atoms with E-state index in [9.17, 15) is 43.8 Å². The third kappa shape index (κ3) is 13.5. The first kappa shape index (κ1) is 49.6. The summed E-state index contributed by atoms with van der Waals surface area (Å²) in [6.07, 6.45) is 1.28. The average Bonchev–Trinajstić information content (AvgIpc) is 3.90. The van der Waals surface area contributed by atoms with Gasteiger partial charge in [0.05, 0.1) is 12.1 Å². The lowest BCUT2D eigenvalue weighted by molar-refractivity contribution is -0.142. The number of fused-ring (bicyclic) bond motifs is 1. The fourth-order valence-corrected chi connectivity index (χ4v) is 7.45. The van der Waals surface area contributed by atoms with E-state index in [-0.39, 0.29) is 50.4 Å². The molecule has 8 atom stereocenters. The van der Waals surface area contributed by atoms with Gasteiger partial charge in [-0.15, -0.1) is 0 Å². The minimum absolute atomic E-state index is 0.00462. The number of H-pyrrole nitrogens is 1. The monoisotopic (exact) mass is 876 g/mol. The van der Waals surface area contributed by atoms with Crippen LogP contribution in [0.15, 0.2) is 54.7 Å². The zero-order valence-electron chi connectivity index (χ0n) is 36.6. The molecule has 19 nitrogen and oxygen atoms in total. The minimum Gasteiger partial charge on any atom is -0.508 e. The highest BCUT2D eigenvalue weighted by Crippen LogP contribution is 2.23. The number of hydrogen-bond acceptors (Lipinski definition) is 11. The van der Waals surface area contributed by atoms with E-state index in [0.717, 1.165) is 10.9 Å². The quantitative estimate of drug-likeness (QED) is 0.0601. The van der Waals surface area contributed by atoms with Crippen molar-refractivity contribution in [3.8, 4) is 5.75 Å². The number of aromatic hydroxyl groups is 1. The smallest absolute Gasteiger partial charge is 0.246 e. The van der Waals surface area contributed by atoms with Crippen LogP contribution in [0.4, 0.5) is 0 Å². The molecule has 0 saturated carbocycles. The van der Waals surface area contributed by atoms with Crippen LogP contribution in [0.1, 0.15) is 71.4 Å². The van der Waals surface area contributed by atoms with Crippen LogP contribution in [-0.4, -0.2) is 123 Å². The number of aliphatic hydroxyl groups is 1. The molecule has 1 aliphatic heterocycles. The highest BCUT2D eigenvalue weighted by molar-refractivity contribution is 5.98. The summed E-state index contributed by atoms with van der Waals surface area (Å²) in [6.45, 7) is 8.69. The van der Waals surface area contributed by atoms with Gasteiger partial charge >= 0.3 is 0 Å². The number of nitrogens with zero attached hydrogens (tertiary/aromatic N) is 1. The maximum atomic E-state index is 14.6. The van der Waals surface area contributed by atoms with Crippen molar-refractivity contribution >= 4 is 52.3 Å². The van der Waals surface area contributed by atoms with Crippen LogP contribution in [-0.2, 0) is 46.4 Å². The Bertz CT molecular complexity index is 2070. The summed E-state index contributed by atoms with van der Waals surface area (Å²) in [5, 5.41) is 34.7. The number of benzene rings is 2. The summed E-state index contributed by atoms with van der Waals surface area (Å²) in [5.41, 5.74) is 19.1. The normalized spacial score (nSPS) is 17.2. The second-order valence-corrected chi connectivity index (χ2v) is 16.9. The van der Waals surface area contributed by atoms with Crippen LogP contribution in [0.5, 0.6) is 5.75 Å². The number of likely N-dealkylation sites (tertiary alicyclic amines) is 1. The average molecular weight is 877 g/mol. The number of carbonyl (C=O) groups excluding carboxylic acids is 7. The van der Waals surface area contributed by atoms with Crippen LogP contribution in [0, 0.1) is 11.8 Å². The van der Waals surface area contributed by atoms with E-state index in [1.54, 1.807) is 46.0 Å².